The van der Waals surface area contributed by atoms with Crippen LogP contribution >= 0.6 is 11.8 Å². The van der Waals surface area contributed by atoms with E-state index in [0.717, 1.165) is 22.8 Å². The Kier molecular flexibility index (Phi) is 5.78. The average Bonchev–Trinajstić information content (AvgIpc) is 2.24. The molecule has 0 aliphatic heterocycles. The zero-order chi connectivity index (χ0) is 11.8. The Morgan fingerprint density at radius 1 is 1.50 bits per heavy atom. The maximum Gasteiger partial charge on any atom is 0.307 e. The van der Waals surface area contributed by atoms with Crippen LogP contribution in [0.3, 0.4) is 0 Å². The summed E-state index contributed by atoms with van der Waals surface area (Å²) in [6.45, 7) is 2.77. The number of thioether (sulfide) groups is 1. The largest absolute Gasteiger partial charge is 0.493 e. The van der Waals surface area contributed by atoms with Gasteiger partial charge in [0.2, 0.25) is 0 Å². The highest BCUT2D eigenvalue weighted by molar-refractivity contribution is 7.99. The van der Waals surface area contributed by atoms with E-state index in [2.05, 4.69) is 6.92 Å². The van der Waals surface area contributed by atoms with Crippen molar-refractivity contribution in [1.29, 1.82) is 0 Å². The summed E-state index contributed by atoms with van der Waals surface area (Å²) in [4.78, 5) is 10.5. The molecule has 0 spiro atoms. The van der Waals surface area contributed by atoms with Crippen LogP contribution in [0.25, 0.3) is 0 Å². The van der Waals surface area contributed by atoms with Gasteiger partial charge < -0.3 is 9.84 Å². The number of hydrogen-bond donors (Lipinski definition) is 1. The fourth-order valence-electron chi connectivity index (χ4n) is 1.28. The fourth-order valence-corrected chi connectivity index (χ4v) is 1.77. The molecule has 0 aliphatic rings. The SMILES string of the molecule is CCSCCOc1cccc(CC(=O)O)c1. The molecule has 1 rings (SSSR count). The monoisotopic (exact) mass is 240 g/mol. The van der Waals surface area contributed by atoms with Gasteiger partial charge in [-0.2, -0.15) is 11.8 Å². The number of hydrogen-bond acceptors (Lipinski definition) is 3. The van der Waals surface area contributed by atoms with Crippen LogP contribution in [0, 0.1) is 0 Å². The van der Waals surface area contributed by atoms with Crippen molar-refractivity contribution in [2.45, 2.75) is 13.3 Å². The Balaban J connectivity index is 2.44. The molecule has 0 unspecified atom stereocenters. The summed E-state index contributed by atoms with van der Waals surface area (Å²) >= 11 is 1.82. The number of aliphatic carboxylic acids is 1. The molecule has 0 aromatic heterocycles. The normalized spacial score (nSPS) is 10.1. The molecule has 0 radical (unpaired) electrons. The van der Waals surface area contributed by atoms with Gasteiger partial charge in [0.05, 0.1) is 13.0 Å². The van der Waals surface area contributed by atoms with Crippen molar-refractivity contribution >= 4 is 17.7 Å². The fraction of sp³-hybridized carbons (Fsp3) is 0.417. The Bertz CT molecular complexity index is 339. The van der Waals surface area contributed by atoms with Crippen molar-refractivity contribution in [3.63, 3.8) is 0 Å². The topological polar surface area (TPSA) is 46.5 Å². The number of carbonyl (C=O) groups is 1. The Morgan fingerprint density at radius 2 is 2.31 bits per heavy atom. The van der Waals surface area contributed by atoms with Gasteiger partial charge in [0.25, 0.3) is 0 Å². The predicted octanol–water partition coefficient (Wildman–Crippen LogP) is 2.45. The van der Waals surface area contributed by atoms with Crippen LogP contribution in [-0.2, 0) is 11.2 Å². The lowest BCUT2D eigenvalue weighted by atomic mass is 10.1. The maximum absolute atomic E-state index is 10.5. The summed E-state index contributed by atoms with van der Waals surface area (Å²) in [5, 5.41) is 8.66. The molecule has 0 atom stereocenters. The molecular formula is C12H16O3S. The van der Waals surface area contributed by atoms with Crippen molar-refractivity contribution in [3.8, 4) is 5.75 Å². The van der Waals surface area contributed by atoms with Crippen molar-refractivity contribution in [1.82, 2.24) is 0 Å². The quantitative estimate of drug-likeness (QED) is 0.744. The van der Waals surface area contributed by atoms with E-state index in [4.69, 9.17) is 9.84 Å². The second-order valence-corrected chi connectivity index (χ2v) is 4.66. The third-order valence-electron chi connectivity index (χ3n) is 1.95. The first kappa shape index (κ1) is 12.9. The van der Waals surface area contributed by atoms with Gasteiger partial charge >= 0.3 is 5.97 Å². The molecule has 3 nitrogen and oxygen atoms in total. The molecule has 0 saturated heterocycles. The van der Waals surface area contributed by atoms with Gasteiger partial charge in [0.1, 0.15) is 5.75 Å². The first-order valence-electron chi connectivity index (χ1n) is 5.23. The molecule has 0 fully saturated rings. The molecule has 0 amide bonds. The summed E-state index contributed by atoms with van der Waals surface area (Å²) in [6, 6.07) is 7.25. The number of ether oxygens (including phenoxy) is 1. The number of rotatable bonds is 7. The van der Waals surface area contributed by atoms with Gasteiger partial charge in [-0.05, 0) is 23.4 Å². The highest BCUT2D eigenvalue weighted by Crippen LogP contribution is 2.14. The lowest BCUT2D eigenvalue weighted by Crippen LogP contribution is -2.02. The predicted molar refractivity (Wildman–Crippen MR) is 66.3 cm³/mol. The van der Waals surface area contributed by atoms with Crippen LogP contribution in [-0.4, -0.2) is 29.2 Å². The smallest absolute Gasteiger partial charge is 0.307 e. The van der Waals surface area contributed by atoms with E-state index in [9.17, 15) is 4.79 Å². The Morgan fingerprint density at radius 3 is 3.00 bits per heavy atom. The summed E-state index contributed by atoms with van der Waals surface area (Å²) < 4.78 is 5.52. The first-order valence-corrected chi connectivity index (χ1v) is 6.39. The third-order valence-corrected chi connectivity index (χ3v) is 2.82. The van der Waals surface area contributed by atoms with Crippen molar-refractivity contribution in [2.24, 2.45) is 0 Å². The molecule has 16 heavy (non-hydrogen) atoms. The highest BCUT2D eigenvalue weighted by atomic mass is 32.2. The zero-order valence-corrected chi connectivity index (χ0v) is 10.1. The molecule has 1 aromatic carbocycles. The van der Waals surface area contributed by atoms with Gasteiger partial charge in [0, 0.05) is 5.75 Å². The summed E-state index contributed by atoms with van der Waals surface area (Å²) in [6.07, 6.45) is 0.0426. The molecule has 88 valence electrons. The minimum atomic E-state index is -0.821. The third kappa shape index (κ3) is 5.07. The van der Waals surface area contributed by atoms with E-state index in [1.54, 1.807) is 12.1 Å². The van der Waals surface area contributed by atoms with Crippen LogP contribution in [0.15, 0.2) is 24.3 Å². The summed E-state index contributed by atoms with van der Waals surface area (Å²) in [5.41, 5.74) is 0.771. The lowest BCUT2D eigenvalue weighted by molar-refractivity contribution is -0.136. The van der Waals surface area contributed by atoms with Gasteiger partial charge in [-0.25, -0.2) is 0 Å². The van der Waals surface area contributed by atoms with Crippen molar-refractivity contribution in [3.05, 3.63) is 29.8 Å². The van der Waals surface area contributed by atoms with E-state index in [0.29, 0.717) is 6.61 Å². The van der Waals surface area contributed by atoms with E-state index in [-0.39, 0.29) is 6.42 Å². The highest BCUT2D eigenvalue weighted by Gasteiger charge is 2.01. The molecular weight excluding hydrogens is 224 g/mol. The molecule has 0 bridgehead atoms. The first-order chi connectivity index (χ1) is 7.72. The maximum atomic E-state index is 10.5. The molecule has 0 heterocycles. The minimum Gasteiger partial charge on any atom is -0.493 e. The molecule has 0 saturated carbocycles. The standard InChI is InChI=1S/C12H16O3S/c1-2-16-7-6-15-11-5-3-4-10(8-11)9-12(13)14/h3-5,8H,2,6-7,9H2,1H3,(H,13,14). The molecule has 1 aromatic rings. The van der Waals surface area contributed by atoms with Crippen LogP contribution in [0.1, 0.15) is 12.5 Å². The second-order valence-electron chi connectivity index (χ2n) is 3.26. The van der Waals surface area contributed by atoms with E-state index in [1.165, 1.54) is 0 Å². The second kappa shape index (κ2) is 7.17. The van der Waals surface area contributed by atoms with Gasteiger partial charge in [-0.3, -0.25) is 4.79 Å². The zero-order valence-electron chi connectivity index (χ0n) is 9.31. The van der Waals surface area contributed by atoms with Crippen LogP contribution < -0.4 is 4.74 Å². The lowest BCUT2D eigenvalue weighted by Gasteiger charge is -2.06. The Labute approximate surface area is 99.8 Å². The number of carboxylic acid groups (broad SMARTS) is 1. The van der Waals surface area contributed by atoms with E-state index < -0.39 is 5.97 Å². The molecule has 0 aliphatic carbocycles. The van der Waals surface area contributed by atoms with Crippen molar-refractivity contribution in [2.75, 3.05) is 18.1 Å². The number of carboxylic acids is 1. The van der Waals surface area contributed by atoms with Gasteiger partial charge in [-0.15, -0.1) is 0 Å². The van der Waals surface area contributed by atoms with Crippen LogP contribution in [0.5, 0.6) is 5.75 Å². The Hall–Kier alpha value is -1.16. The molecule has 4 heteroatoms. The summed E-state index contributed by atoms with van der Waals surface area (Å²) in [7, 11) is 0. The molecule has 1 N–H and O–H groups in total. The van der Waals surface area contributed by atoms with Crippen molar-refractivity contribution < 1.29 is 14.6 Å². The van der Waals surface area contributed by atoms with Gasteiger partial charge in [0.15, 0.2) is 0 Å². The van der Waals surface area contributed by atoms with E-state index >= 15 is 0 Å². The summed E-state index contributed by atoms with van der Waals surface area (Å²) in [5.74, 6) is 1.97. The average molecular weight is 240 g/mol. The van der Waals surface area contributed by atoms with Gasteiger partial charge in [-0.1, -0.05) is 19.1 Å². The van der Waals surface area contributed by atoms with Crippen LogP contribution in [0.4, 0.5) is 0 Å². The minimum absolute atomic E-state index is 0.0426. The number of benzene rings is 1. The van der Waals surface area contributed by atoms with E-state index in [1.807, 2.05) is 23.9 Å². The van der Waals surface area contributed by atoms with Crippen LogP contribution in [0.2, 0.25) is 0 Å².